The lowest BCUT2D eigenvalue weighted by molar-refractivity contribution is 0.0428. The van der Waals surface area contributed by atoms with Crippen molar-refractivity contribution in [2.24, 2.45) is 0 Å². The van der Waals surface area contributed by atoms with Crippen molar-refractivity contribution in [3.05, 3.63) is 191 Å². The van der Waals surface area contributed by atoms with Crippen molar-refractivity contribution >= 4 is 44.6 Å². The molecule has 9 rings (SSSR count). The Balaban J connectivity index is 1.21. The monoisotopic (exact) mass is 857 g/mol. The zero-order chi connectivity index (χ0) is 50.6. The second-order valence-corrected chi connectivity index (χ2v) is 20.4. The maximum Gasteiger partial charge on any atom is 0.298 e. The number of benzene rings is 6. The molecule has 6 heteroatoms. The van der Waals surface area contributed by atoms with Crippen LogP contribution in [0.2, 0.25) is 0 Å². The van der Waals surface area contributed by atoms with Gasteiger partial charge in [0.25, 0.3) is 5.92 Å². The number of nitrogens with zero attached hydrogens (tertiary/aromatic N) is 4. The minimum atomic E-state index is -3.51. The first-order valence-electron chi connectivity index (χ1n) is 25.0. The number of hydrogen-bond acceptors (Lipinski definition) is 3. The van der Waals surface area contributed by atoms with Crippen LogP contribution in [0.15, 0.2) is 152 Å². The number of alkyl halides is 2. The number of rotatable bonds is 7. The second kappa shape index (κ2) is 15.2. The second-order valence-electron chi connectivity index (χ2n) is 20.4. The Bertz CT molecular complexity index is 3230. The summed E-state index contributed by atoms with van der Waals surface area (Å²) in [5.41, 5.74) is 4.24. The van der Waals surface area contributed by atoms with E-state index in [0.29, 0.717) is 28.8 Å². The van der Waals surface area contributed by atoms with E-state index in [1.165, 1.54) is 53.7 Å². The minimum Gasteiger partial charge on any atom is -0.321 e. The Morgan fingerprint density at radius 1 is 0.500 bits per heavy atom. The molecule has 0 aliphatic carbocycles. The van der Waals surface area contributed by atoms with Crippen LogP contribution in [0.25, 0.3) is 27.6 Å². The number of halogens is 2. The fourth-order valence-electron chi connectivity index (χ4n) is 9.26. The maximum atomic E-state index is 17.9. The maximum absolute atomic E-state index is 17.9. The Morgan fingerprint density at radius 2 is 1.11 bits per heavy atom. The highest BCUT2D eigenvalue weighted by Crippen LogP contribution is 2.51. The predicted molar refractivity (Wildman–Crippen MR) is 265 cm³/mol. The quantitative estimate of drug-likeness (QED) is 0.160. The van der Waals surface area contributed by atoms with Crippen molar-refractivity contribution in [3.63, 3.8) is 0 Å². The third-order valence-electron chi connectivity index (χ3n) is 12.8. The molecular weight excluding hydrogens is 791 g/mol. The number of pyridine rings is 1. The van der Waals surface area contributed by atoms with Crippen LogP contribution in [0.4, 0.5) is 31.5 Å². The van der Waals surface area contributed by atoms with E-state index in [4.69, 9.17) is 8.22 Å². The van der Waals surface area contributed by atoms with E-state index in [1.807, 2.05) is 63.2 Å². The van der Waals surface area contributed by atoms with Crippen LogP contribution < -0.4 is 9.80 Å². The van der Waals surface area contributed by atoms with Gasteiger partial charge < -0.3 is 9.80 Å². The standard InChI is InChI=1S/C58H60F2N4/c1-54(2,3)41-32-42(34-43(33-41)62-37-63(50-27-18-17-26-49(50)62)53-46(55(4,5)6)23-19-24-47(53)56(7,8)9)58(59,60)40-28-29-45-44-22-15-16-25-48(44)64(51(45)35-40)52-36-39(30-31-61-52)57(10,11)38-20-13-12-14-21-38/h12-36H,37H2,1-11H3/i10D3,11D3. The molecule has 0 spiro atoms. The highest BCUT2D eigenvalue weighted by Gasteiger charge is 2.39. The van der Waals surface area contributed by atoms with Crippen LogP contribution in [0.3, 0.4) is 0 Å². The van der Waals surface area contributed by atoms with Crippen molar-refractivity contribution in [3.8, 4) is 5.82 Å². The summed E-state index contributed by atoms with van der Waals surface area (Å²) in [7, 11) is 0. The van der Waals surface area contributed by atoms with Gasteiger partial charge in [-0.25, -0.2) is 4.98 Å². The molecule has 0 radical (unpaired) electrons. The first-order chi connectivity index (χ1) is 32.7. The van der Waals surface area contributed by atoms with Gasteiger partial charge in [-0.1, -0.05) is 167 Å². The summed E-state index contributed by atoms with van der Waals surface area (Å²) >= 11 is 0. The molecule has 326 valence electrons. The van der Waals surface area contributed by atoms with Crippen LogP contribution in [0.1, 0.15) is 123 Å². The van der Waals surface area contributed by atoms with Gasteiger partial charge in [0.15, 0.2) is 0 Å². The summed E-state index contributed by atoms with van der Waals surface area (Å²) in [6, 6.07) is 42.9. The molecule has 0 amide bonds. The van der Waals surface area contributed by atoms with Gasteiger partial charge in [0.1, 0.15) is 12.5 Å². The van der Waals surface area contributed by atoms with Crippen LogP contribution in [0, 0.1) is 0 Å². The van der Waals surface area contributed by atoms with Crippen LogP contribution >= 0.6 is 0 Å². The Labute approximate surface area is 386 Å². The van der Waals surface area contributed by atoms with E-state index in [9.17, 15) is 0 Å². The molecule has 8 aromatic rings. The summed E-state index contributed by atoms with van der Waals surface area (Å²) < 4.78 is 90.3. The fraction of sp³-hybridized carbons (Fsp3) is 0.293. The molecule has 0 saturated carbocycles. The average Bonchev–Trinajstić information content (AvgIpc) is 3.83. The average molecular weight is 857 g/mol. The highest BCUT2D eigenvalue weighted by atomic mass is 19.3. The molecule has 3 heterocycles. The Hall–Kier alpha value is -6.27. The van der Waals surface area contributed by atoms with Crippen molar-refractivity contribution in [1.82, 2.24) is 9.55 Å². The largest absolute Gasteiger partial charge is 0.321 e. The fourth-order valence-corrected chi connectivity index (χ4v) is 9.26. The highest BCUT2D eigenvalue weighted by molar-refractivity contribution is 6.09. The number of aromatic nitrogens is 2. The smallest absolute Gasteiger partial charge is 0.298 e. The molecular formula is C58H60F2N4. The predicted octanol–water partition coefficient (Wildman–Crippen LogP) is 15.8. The van der Waals surface area contributed by atoms with Gasteiger partial charge in [0.2, 0.25) is 0 Å². The van der Waals surface area contributed by atoms with E-state index < -0.39 is 30.5 Å². The zero-order valence-electron chi connectivity index (χ0n) is 44.2. The van der Waals surface area contributed by atoms with Gasteiger partial charge >= 0.3 is 0 Å². The SMILES string of the molecule is [2H]C([2H])([2H])C(c1ccccc1)(c1ccnc(-n2c3ccccc3c3ccc(C(F)(F)c4cc(N5CN(c6c(C(C)(C)C)cccc6C(C)(C)C)c6ccccc65)cc(C(C)(C)C)c4)cc32)c1)C([2H])([2H])[2H]. The van der Waals surface area contributed by atoms with Gasteiger partial charge in [-0.2, -0.15) is 8.78 Å². The molecule has 0 bridgehead atoms. The minimum absolute atomic E-state index is 0.00113. The number of para-hydroxylation sites is 4. The number of fused-ring (bicyclic) bond motifs is 4. The van der Waals surface area contributed by atoms with Gasteiger partial charge in [-0.3, -0.25) is 4.57 Å². The lowest BCUT2D eigenvalue weighted by Gasteiger charge is -2.35. The summed E-state index contributed by atoms with van der Waals surface area (Å²) in [4.78, 5) is 9.16. The summed E-state index contributed by atoms with van der Waals surface area (Å²) in [5, 5.41) is 1.43. The third-order valence-corrected chi connectivity index (χ3v) is 12.8. The molecule has 1 aliphatic rings. The van der Waals surface area contributed by atoms with Crippen molar-refractivity contribution < 1.29 is 17.0 Å². The van der Waals surface area contributed by atoms with E-state index >= 15 is 8.78 Å². The topological polar surface area (TPSA) is 24.3 Å². The lowest BCUT2D eigenvalue weighted by atomic mass is 9.78. The van der Waals surface area contributed by atoms with Crippen molar-refractivity contribution in [2.75, 3.05) is 16.5 Å². The van der Waals surface area contributed by atoms with E-state index in [-0.39, 0.29) is 38.9 Å². The lowest BCUT2D eigenvalue weighted by Crippen LogP contribution is -2.30. The van der Waals surface area contributed by atoms with Crippen molar-refractivity contribution in [1.29, 1.82) is 0 Å². The van der Waals surface area contributed by atoms with Crippen LogP contribution in [-0.2, 0) is 27.6 Å². The number of anilines is 4. The molecule has 1 aliphatic heterocycles. The Kier molecular flexibility index (Phi) is 8.57. The van der Waals surface area contributed by atoms with Crippen LogP contribution in [-0.4, -0.2) is 16.2 Å². The van der Waals surface area contributed by atoms with E-state index in [1.54, 1.807) is 41.0 Å². The van der Waals surface area contributed by atoms with Gasteiger partial charge in [-0.15, -0.1) is 0 Å². The van der Waals surface area contributed by atoms with Crippen LogP contribution in [0.5, 0.6) is 0 Å². The van der Waals surface area contributed by atoms with E-state index in [0.717, 1.165) is 28.0 Å². The molecule has 2 aromatic heterocycles. The molecule has 0 saturated heterocycles. The molecule has 4 nitrogen and oxygen atoms in total. The molecule has 0 atom stereocenters. The van der Waals surface area contributed by atoms with Crippen molar-refractivity contribution in [2.45, 2.75) is 104 Å². The summed E-state index contributed by atoms with van der Waals surface area (Å²) in [6.45, 7) is 13.8. The molecule has 0 N–H and O–H groups in total. The number of hydrogen-bond donors (Lipinski definition) is 0. The molecule has 6 aromatic carbocycles. The molecule has 0 fully saturated rings. The van der Waals surface area contributed by atoms with Gasteiger partial charge in [-0.05, 0) is 98.7 Å². The van der Waals surface area contributed by atoms with E-state index in [2.05, 4.69) is 86.7 Å². The summed E-state index contributed by atoms with van der Waals surface area (Å²) in [6.07, 6.45) is 1.39. The summed E-state index contributed by atoms with van der Waals surface area (Å²) in [5.74, 6) is -3.32. The first kappa shape index (κ1) is 36.1. The first-order valence-corrected chi connectivity index (χ1v) is 22.0. The molecule has 64 heavy (non-hydrogen) atoms. The third kappa shape index (κ3) is 7.35. The van der Waals surface area contributed by atoms with Gasteiger partial charge in [0.05, 0.1) is 28.1 Å². The molecule has 0 unspecified atom stereocenters. The van der Waals surface area contributed by atoms with Gasteiger partial charge in [0, 0.05) is 47.4 Å². The normalized spacial score (nSPS) is 15.7. The zero-order valence-corrected chi connectivity index (χ0v) is 38.2. The Morgan fingerprint density at radius 3 is 1.77 bits per heavy atom.